The van der Waals surface area contributed by atoms with Gasteiger partial charge in [-0.2, -0.15) is 13.2 Å². The second-order valence-corrected chi connectivity index (χ2v) is 6.19. The normalized spacial score (nSPS) is 33.1. The highest BCUT2D eigenvalue weighted by Gasteiger charge is 2.50. The first-order valence-corrected chi connectivity index (χ1v) is 6.89. The van der Waals surface area contributed by atoms with E-state index in [-0.39, 0.29) is 10.8 Å². The zero-order chi connectivity index (χ0) is 14.4. The minimum atomic E-state index is -4.33. The molecule has 1 aromatic heterocycles. The first-order valence-electron chi connectivity index (χ1n) is 6.89. The van der Waals surface area contributed by atoms with E-state index in [4.69, 9.17) is 0 Å². The van der Waals surface area contributed by atoms with E-state index < -0.39 is 11.7 Å². The molecule has 3 fully saturated rings. The molecule has 0 aromatic carbocycles. The summed E-state index contributed by atoms with van der Waals surface area (Å²) in [7, 11) is 0. The number of nitrogens with zero attached hydrogens (tertiary/aromatic N) is 1. The van der Waals surface area contributed by atoms with Crippen molar-refractivity contribution in [3.8, 4) is 0 Å². The Kier molecular flexibility index (Phi) is 2.92. The van der Waals surface area contributed by atoms with Crippen molar-refractivity contribution in [2.24, 2.45) is 5.41 Å². The van der Waals surface area contributed by atoms with Gasteiger partial charge in [-0.3, -0.25) is 4.98 Å². The monoisotopic (exact) mass is 283 g/mol. The number of carbonyl (C=O) groups is 1. The molecule has 4 rings (SSSR count). The zero-order valence-corrected chi connectivity index (χ0v) is 11.0. The minimum absolute atomic E-state index is 0.219. The number of pyridine rings is 1. The van der Waals surface area contributed by atoms with E-state index in [9.17, 15) is 18.0 Å². The average Bonchev–Trinajstić information content (AvgIpc) is 2.48. The summed E-state index contributed by atoms with van der Waals surface area (Å²) in [6.07, 6.45) is 2.58. The van der Waals surface area contributed by atoms with Crippen molar-refractivity contribution in [3.05, 3.63) is 29.6 Å². The van der Waals surface area contributed by atoms with Crippen LogP contribution in [0, 0.1) is 5.41 Å². The number of rotatable bonds is 2. The van der Waals surface area contributed by atoms with Crippen molar-refractivity contribution >= 4 is 6.29 Å². The molecular formula is C15H16F3NO. The molecule has 0 unspecified atom stereocenters. The highest BCUT2D eigenvalue weighted by Crippen LogP contribution is 2.56. The van der Waals surface area contributed by atoms with E-state index in [1.807, 2.05) is 0 Å². The second kappa shape index (κ2) is 4.30. The first kappa shape index (κ1) is 13.6. The predicted molar refractivity (Wildman–Crippen MR) is 67.1 cm³/mol. The Morgan fingerprint density at radius 3 is 2.20 bits per heavy atom. The molecule has 108 valence electrons. The van der Waals surface area contributed by atoms with E-state index in [1.165, 1.54) is 12.3 Å². The van der Waals surface area contributed by atoms with Crippen LogP contribution in [0.5, 0.6) is 0 Å². The Morgan fingerprint density at radius 2 is 1.70 bits per heavy atom. The summed E-state index contributed by atoms with van der Waals surface area (Å²) >= 11 is 0. The number of halogens is 3. The quantitative estimate of drug-likeness (QED) is 0.771. The maximum Gasteiger partial charge on any atom is 0.416 e. The van der Waals surface area contributed by atoms with Crippen molar-refractivity contribution in [3.63, 3.8) is 0 Å². The summed E-state index contributed by atoms with van der Waals surface area (Å²) in [6, 6.07) is 2.21. The van der Waals surface area contributed by atoms with Gasteiger partial charge in [-0.05, 0) is 50.7 Å². The molecule has 3 aliphatic carbocycles. The van der Waals surface area contributed by atoms with E-state index >= 15 is 0 Å². The molecule has 0 atom stereocenters. The number of aromatic nitrogens is 1. The van der Waals surface area contributed by atoms with Gasteiger partial charge in [0.25, 0.3) is 0 Å². The fourth-order valence-electron chi connectivity index (χ4n) is 3.67. The third-order valence-corrected chi connectivity index (χ3v) is 5.18. The van der Waals surface area contributed by atoms with Gasteiger partial charge in [0.15, 0.2) is 0 Å². The molecule has 3 saturated carbocycles. The van der Waals surface area contributed by atoms with Crippen LogP contribution in [-0.2, 0) is 16.4 Å². The number of alkyl halides is 3. The molecule has 5 heteroatoms. The second-order valence-electron chi connectivity index (χ2n) is 6.19. The Balaban J connectivity index is 1.93. The number of hydrogen-bond donors (Lipinski definition) is 0. The van der Waals surface area contributed by atoms with Gasteiger partial charge < -0.3 is 4.79 Å². The van der Waals surface area contributed by atoms with E-state index in [0.717, 1.165) is 50.9 Å². The lowest BCUT2D eigenvalue weighted by atomic mass is 9.53. The fraction of sp³-hybridized carbons (Fsp3) is 0.600. The first-order chi connectivity index (χ1) is 9.39. The summed E-state index contributed by atoms with van der Waals surface area (Å²) in [4.78, 5) is 15.4. The van der Waals surface area contributed by atoms with Gasteiger partial charge in [-0.15, -0.1) is 0 Å². The van der Waals surface area contributed by atoms with Gasteiger partial charge in [0.2, 0.25) is 0 Å². The van der Waals surface area contributed by atoms with Crippen LogP contribution in [0.2, 0.25) is 0 Å². The van der Waals surface area contributed by atoms with Crippen LogP contribution in [0.4, 0.5) is 13.2 Å². The molecule has 0 N–H and O–H groups in total. The van der Waals surface area contributed by atoms with Crippen molar-refractivity contribution in [1.82, 2.24) is 4.98 Å². The lowest BCUT2D eigenvalue weighted by molar-refractivity contribution is -0.137. The smallest absolute Gasteiger partial charge is 0.303 e. The van der Waals surface area contributed by atoms with Gasteiger partial charge in [-0.25, -0.2) is 0 Å². The largest absolute Gasteiger partial charge is 0.416 e. The Morgan fingerprint density at radius 1 is 1.10 bits per heavy atom. The molecule has 0 spiro atoms. The van der Waals surface area contributed by atoms with Gasteiger partial charge in [0.1, 0.15) is 6.29 Å². The molecule has 20 heavy (non-hydrogen) atoms. The van der Waals surface area contributed by atoms with Crippen LogP contribution in [0.25, 0.3) is 0 Å². The van der Waals surface area contributed by atoms with Crippen LogP contribution >= 0.6 is 0 Å². The number of hydrogen-bond acceptors (Lipinski definition) is 2. The van der Waals surface area contributed by atoms with Crippen molar-refractivity contribution in [1.29, 1.82) is 0 Å². The van der Waals surface area contributed by atoms with Crippen LogP contribution in [-0.4, -0.2) is 11.3 Å². The van der Waals surface area contributed by atoms with Crippen molar-refractivity contribution < 1.29 is 18.0 Å². The van der Waals surface area contributed by atoms with Crippen LogP contribution in [0.1, 0.15) is 49.8 Å². The molecule has 3 aliphatic rings. The Hall–Kier alpha value is -1.39. The van der Waals surface area contributed by atoms with Gasteiger partial charge >= 0.3 is 6.18 Å². The average molecular weight is 283 g/mol. The topological polar surface area (TPSA) is 30.0 Å². The highest BCUT2D eigenvalue weighted by molar-refractivity contribution is 5.60. The lowest BCUT2D eigenvalue weighted by Gasteiger charge is -2.50. The molecule has 0 aliphatic heterocycles. The molecule has 2 nitrogen and oxygen atoms in total. The van der Waals surface area contributed by atoms with E-state index in [1.54, 1.807) is 0 Å². The standard InChI is InChI=1S/C15H16F3NO/c16-15(17,18)11-1-8-19-12(9-11)14-5-2-13(10-20,3-6-14)4-7-14/h1,8-10H,2-7H2. The predicted octanol–water partition coefficient (Wildman–Crippen LogP) is 3.89. The Bertz CT molecular complexity index is 514. The summed E-state index contributed by atoms with van der Waals surface area (Å²) in [5.74, 6) is 0. The third kappa shape index (κ3) is 2.03. The maximum absolute atomic E-state index is 12.8. The summed E-state index contributed by atoms with van der Waals surface area (Å²) in [5, 5.41) is 0. The third-order valence-electron chi connectivity index (χ3n) is 5.18. The van der Waals surface area contributed by atoms with Gasteiger partial charge in [0, 0.05) is 22.7 Å². The molecular weight excluding hydrogens is 267 g/mol. The van der Waals surface area contributed by atoms with Gasteiger partial charge in [0.05, 0.1) is 5.56 Å². The molecule has 2 bridgehead atoms. The lowest BCUT2D eigenvalue weighted by Crippen LogP contribution is -2.45. The number of fused-ring (bicyclic) bond motifs is 3. The number of carbonyl (C=O) groups excluding carboxylic acids is 1. The summed E-state index contributed by atoms with van der Waals surface area (Å²) in [5.41, 5.74) is -0.559. The van der Waals surface area contributed by atoms with Crippen LogP contribution in [0.15, 0.2) is 18.3 Å². The summed E-state index contributed by atoms with van der Waals surface area (Å²) in [6.45, 7) is 0. The van der Waals surface area contributed by atoms with E-state index in [2.05, 4.69) is 4.98 Å². The van der Waals surface area contributed by atoms with Crippen molar-refractivity contribution in [2.45, 2.75) is 50.1 Å². The van der Waals surface area contributed by atoms with Crippen LogP contribution < -0.4 is 0 Å². The highest BCUT2D eigenvalue weighted by atomic mass is 19.4. The summed E-state index contributed by atoms with van der Waals surface area (Å²) < 4.78 is 38.4. The zero-order valence-electron chi connectivity index (χ0n) is 11.0. The number of aldehydes is 1. The molecule has 0 saturated heterocycles. The SMILES string of the molecule is O=CC12CCC(c3cc(C(F)(F)F)ccn3)(CC1)CC2. The molecule has 0 radical (unpaired) electrons. The maximum atomic E-state index is 12.8. The van der Waals surface area contributed by atoms with Gasteiger partial charge in [-0.1, -0.05) is 0 Å². The minimum Gasteiger partial charge on any atom is -0.303 e. The van der Waals surface area contributed by atoms with E-state index in [0.29, 0.717) is 5.69 Å². The molecule has 1 heterocycles. The molecule has 0 amide bonds. The van der Waals surface area contributed by atoms with Crippen LogP contribution in [0.3, 0.4) is 0 Å². The Labute approximate surface area is 115 Å². The molecule has 1 aromatic rings. The fourth-order valence-corrected chi connectivity index (χ4v) is 3.67. The van der Waals surface area contributed by atoms with Crippen molar-refractivity contribution in [2.75, 3.05) is 0 Å².